The van der Waals surface area contributed by atoms with Crippen molar-refractivity contribution in [1.82, 2.24) is 9.47 Å². The van der Waals surface area contributed by atoms with E-state index < -0.39 is 0 Å². The molecule has 5 nitrogen and oxygen atoms in total. The molecule has 24 heavy (non-hydrogen) atoms. The van der Waals surface area contributed by atoms with E-state index in [1.807, 2.05) is 30.3 Å². The number of nitrogens with zero attached hydrogens (tertiary/aromatic N) is 2. The smallest absolute Gasteiger partial charge is 0.203 e. The molecule has 122 valence electrons. The maximum Gasteiger partial charge on any atom is 0.203 e. The Morgan fingerprint density at radius 2 is 1.79 bits per heavy atom. The Labute approximate surface area is 139 Å². The van der Waals surface area contributed by atoms with Crippen LogP contribution in [0.2, 0.25) is 0 Å². The van der Waals surface area contributed by atoms with Crippen molar-refractivity contribution in [2.24, 2.45) is 7.05 Å². The predicted octanol–water partition coefficient (Wildman–Crippen LogP) is 1.81. The van der Waals surface area contributed by atoms with E-state index in [-0.39, 0.29) is 18.2 Å². The van der Waals surface area contributed by atoms with E-state index in [0.717, 1.165) is 24.3 Å². The number of carbonyl (C=O) groups is 2. The van der Waals surface area contributed by atoms with Crippen LogP contribution in [0.1, 0.15) is 26.4 Å². The molecular weight excluding hydrogens is 304 g/mol. The number of Topliss-reactive ketones (excluding diaryl/α,β-unsaturated/α-hetero) is 1. The average Bonchev–Trinajstić information content (AvgIpc) is 3.34. The summed E-state index contributed by atoms with van der Waals surface area (Å²) in [7, 11) is 1.77. The van der Waals surface area contributed by atoms with Crippen molar-refractivity contribution in [3.8, 4) is 11.3 Å². The van der Waals surface area contributed by atoms with Crippen LogP contribution in [-0.2, 0) is 13.7 Å². The van der Waals surface area contributed by atoms with Crippen LogP contribution in [0.15, 0.2) is 42.0 Å². The largest absolute Gasteiger partial charge is 0.392 e. The highest BCUT2D eigenvalue weighted by atomic mass is 16.3. The zero-order chi connectivity index (χ0) is 16.8. The predicted molar refractivity (Wildman–Crippen MR) is 90.0 cm³/mol. The Bertz CT molecular complexity index is 874. The van der Waals surface area contributed by atoms with Gasteiger partial charge < -0.3 is 9.67 Å². The van der Waals surface area contributed by atoms with Gasteiger partial charge in [0.1, 0.15) is 5.69 Å². The van der Waals surface area contributed by atoms with Gasteiger partial charge >= 0.3 is 0 Å². The standard InChI is InChI=1S/C19H18N2O3/c1-20-17(12-5-3-2-4-6-12)14(11-22)16-18(20)15(23)9-13(19(16)24)10-21-7-8-21/h2-6,9,22H,7-8,10-11H2,1H3. The van der Waals surface area contributed by atoms with Crippen molar-refractivity contribution in [3.05, 3.63) is 58.8 Å². The molecule has 0 bridgehead atoms. The molecule has 0 spiro atoms. The molecule has 1 saturated heterocycles. The van der Waals surface area contributed by atoms with Crippen LogP contribution in [-0.4, -0.2) is 45.8 Å². The minimum Gasteiger partial charge on any atom is -0.392 e. The number of rotatable bonds is 4. The molecule has 2 aromatic rings. The van der Waals surface area contributed by atoms with Crippen LogP contribution in [0.4, 0.5) is 0 Å². The van der Waals surface area contributed by atoms with Gasteiger partial charge in [-0.25, -0.2) is 0 Å². The normalized spacial score (nSPS) is 17.0. The highest BCUT2D eigenvalue weighted by Gasteiger charge is 2.35. The molecule has 2 aliphatic rings. The zero-order valence-corrected chi connectivity index (χ0v) is 13.5. The fourth-order valence-corrected chi connectivity index (χ4v) is 3.43. The first-order chi connectivity index (χ1) is 11.6. The number of ketones is 2. The van der Waals surface area contributed by atoms with Crippen molar-refractivity contribution in [3.63, 3.8) is 0 Å². The lowest BCUT2D eigenvalue weighted by Gasteiger charge is -2.14. The summed E-state index contributed by atoms with van der Waals surface area (Å²) in [6.45, 7) is 2.15. The van der Waals surface area contributed by atoms with E-state index >= 15 is 0 Å². The summed E-state index contributed by atoms with van der Waals surface area (Å²) in [5.74, 6) is -0.306. The SMILES string of the molecule is Cn1c2c(c(CO)c1-c1ccccc1)C(=O)C(CN1CC1)=CC2=O. The summed E-state index contributed by atoms with van der Waals surface area (Å²) in [5.41, 5.74) is 3.40. The molecule has 0 saturated carbocycles. The molecule has 4 rings (SSSR count). The number of aromatic nitrogens is 1. The van der Waals surface area contributed by atoms with Gasteiger partial charge in [0.2, 0.25) is 5.78 Å². The van der Waals surface area contributed by atoms with Gasteiger partial charge in [0, 0.05) is 37.8 Å². The minimum atomic E-state index is -0.274. The fraction of sp³-hybridized carbons (Fsp3) is 0.263. The maximum absolute atomic E-state index is 12.9. The summed E-state index contributed by atoms with van der Waals surface area (Å²) in [6.07, 6.45) is 1.46. The van der Waals surface area contributed by atoms with Crippen LogP contribution in [0.25, 0.3) is 11.3 Å². The van der Waals surface area contributed by atoms with E-state index in [2.05, 4.69) is 4.90 Å². The molecule has 1 fully saturated rings. The van der Waals surface area contributed by atoms with Crippen LogP contribution in [0.5, 0.6) is 0 Å². The molecule has 2 heterocycles. The highest BCUT2D eigenvalue weighted by Crippen LogP contribution is 2.35. The van der Waals surface area contributed by atoms with Gasteiger partial charge in [-0.2, -0.15) is 0 Å². The van der Waals surface area contributed by atoms with E-state index in [0.29, 0.717) is 28.9 Å². The van der Waals surface area contributed by atoms with E-state index in [1.165, 1.54) is 6.08 Å². The van der Waals surface area contributed by atoms with Gasteiger partial charge in [0.25, 0.3) is 0 Å². The zero-order valence-electron chi connectivity index (χ0n) is 13.5. The van der Waals surface area contributed by atoms with E-state index in [4.69, 9.17) is 0 Å². The minimum absolute atomic E-state index is 0.140. The summed E-state index contributed by atoms with van der Waals surface area (Å²) >= 11 is 0. The van der Waals surface area contributed by atoms with Gasteiger partial charge in [-0.15, -0.1) is 0 Å². The summed E-state index contributed by atoms with van der Waals surface area (Å²) in [4.78, 5) is 27.7. The molecule has 1 N–H and O–H groups in total. The molecule has 0 amide bonds. The van der Waals surface area contributed by atoms with Gasteiger partial charge in [-0.05, 0) is 11.6 Å². The molecule has 0 atom stereocenters. The molecule has 5 heteroatoms. The van der Waals surface area contributed by atoms with Gasteiger partial charge in [0.15, 0.2) is 5.78 Å². The second kappa shape index (κ2) is 5.54. The third kappa shape index (κ3) is 2.25. The highest BCUT2D eigenvalue weighted by molar-refractivity contribution is 6.25. The number of benzene rings is 1. The summed E-state index contributed by atoms with van der Waals surface area (Å²) < 4.78 is 1.74. The molecule has 1 aromatic heterocycles. The van der Waals surface area contributed by atoms with Crippen molar-refractivity contribution < 1.29 is 14.7 Å². The lowest BCUT2D eigenvalue weighted by atomic mass is 9.91. The third-order valence-electron chi connectivity index (χ3n) is 4.69. The van der Waals surface area contributed by atoms with Gasteiger partial charge in [0.05, 0.1) is 17.9 Å². The van der Waals surface area contributed by atoms with Crippen molar-refractivity contribution in [2.45, 2.75) is 6.61 Å². The van der Waals surface area contributed by atoms with E-state index in [1.54, 1.807) is 11.6 Å². The van der Waals surface area contributed by atoms with Gasteiger partial charge in [-0.3, -0.25) is 14.5 Å². The first-order valence-corrected chi connectivity index (χ1v) is 8.01. The fourth-order valence-electron chi connectivity index (χ4n) is 3.43. The van der Waals surface area contributed by atoms with Crippen LogP contribution in [0.3, 0.4) is 0 Å². The summed E-state index contributed by atoms with van der Waals surface area (Å²) in [5, 5.41) is 9.93. The maximum atomic E-state index is 12.9. The van der Waals surface area contributed by atoms with Crippen molar-refractivity contribution >= 4 is 11.6 Å². The number of aliphatic hydroxyl groups excluding tert-OH is 1. The van der Waals surface area contributed by atoms with Crippen LogP contribution >= 0.6 is 0 Å². The average molecular weight is 322 g/mol. The Morgan fingerprint density at radius 3 is 2.42 bits per heavy atom. The van der Waals surface area contributed by atoms with Gasteiger partial charge in [-0.1, -0.05) is 30.3 Å². The second-order valence-electron chi connectivity index (χ2n) is 6.27. The van der Waals surface area contributed by atoms with E-state index in [9.17, 15) is 14.7 Å². The second-order valence-corrected chi connectivity index (χ2v) is 6.27. The first-order valence-electron chi connectivity index (χ1n) is 8.01. The lowest BCUT2D eigenvalue weighted by molar-refractivity contribution is 0.0974. The first kappa shape index (κ1) is 15.1. The quantitative estimate of drug-likeness (QED) is 0.872. The number of hydrogen-bond acceptors (Lipinski definition) is 4. The van der Waals surface area contributed by atoms with Crippen molar-refractivity contribution in [1.29, 1.82) is 0 Å². The lowest BCUT2D eigenvalue weighted by Crippen LogP contribution is -2.23. The Hall–Kier alpha value is -2.50. The number of aliphatic hydroxyl groups is 1. The topological polar surface area (TPSA) is 62.3 Å². The summed E-state index contributed by atoms with van der Waals surface area (Å²) in [6, 6.07) is 9.54. The van der Waals surface area contributed by atoms with Crippen LogP contribution in [0, 0.1) is 0 Å². The monoisotopic (exact) mass is 322 g/mol. The Kier molecular flexibility index (Phi) is 3.48. The number of hydrogen-bond donors (Lipinski definition) is 1. The number of fused-ring (bicyclic) bond motifs is 1. The molecule has 1 aliphatic carbocycles. The number of carbonyl (C=O) groups excluding carboxylic acids is 2. The molecule has 0 radical (unpaired) electrons. The Balaban J connectivity index is 1.89. The molecular formula is C19H18N2O3. The molecule has 1 aromatic carbocycles. The van der Waals surface area contributed by atoms with Crippen molar-refractivity contribution in [2.75, 3.05) is 19.6 Å². The molecule has 1 aliphatic heterocycles. The third-order valence-corrected chi connectivity index (χ3v) is 4.69. The molecule has 0 unspecified atom stereocenters. The number of allylic oxidation sites excluding steroid dienone is 1. The Morgan fingerprint density at radius 1 is 1.08 bits per heavy atom. The van der Waals surface area contributed by atoms with Crippen LogP contribution < -0.4 is 0 Å².